The van der Waals surface area contributed by atoms with Crippen LogP contribution in [0.15, 0.2) is 6.07 Å². The molecule has 0 radical (unpaired) electrons. The van der Waals surface area contributed by atoms with Crippen molar-refractivity contribution in [2.24, 2.45) is 0 Å². The molecule has 1 aliphatic carbocycles. The van der Waals surface area contributed by atoms with Crippen molar-refractivity contribution in [1.82, 2.24) is 9.88 Å². The lowest BCUT2D eigenvalue weighted by molar-refractivity contribution is 0.230. The van der Waals surface area contributed by atoms with Crippen molar-refractivity contribution in [2.75, 3.05) is 31.1 Å². The molecule has 0 spiro atoms. The first-order valence-electron chi connectivity index (χ1n) is 8.27. The molecule has 2 aliphatic heterocycles. The number of hydrogen-bond donors (Lipinski definition) is 0. The van der Waals surface area contributed by atoms with Crippen LogP contribution in [-0.4, -0.2) is 42.1 Å². The van der Waals surface area contributed by atoms with Gasteiger partial charge < -0.3 is 4.90 Å². The summed E-state index contributed by atoms with van der Waals surface area (Å²) in [5.41, 5.74) is 3.33. The van der Waals surface area contributed by atoms with Crippen molar-refractivity contribution in [1.29, 1.82) is 5.26 Å². The van der Waals surface area contributed by atoms with Crippen molar-refractivity contribution in [3.63, 3.8) is 0 Å². The highest BCUT2D eigenvalue weighted by Gasteiger charge is 2.32. The van der Waals surface area contributed by atoms with Gasteiger partial charge in [0.15, 0.2) is 0 Å². The van der Waals surface area contributed by atoms with Gasteiger partial charge in [0.05, 0.1) is 5.56 Å². The molecule has 1 aromatic rings. The van der Waals surface area contributed by atoms with Crippen LogP contribution in [0.25, 0.3) is 0 Å². The molecule has 1 aromatic heterocycles. The van der Waals surface area contributed by atoms with Crippen molar-refractivity contribution >= 4 is 5.82 Å². The molecule has 4 nitrogen and oxygen atoms in total. The van der Waals surface area contributed by atoms with Gasteiger partial charge in [-0.25, -0.2) is 4.98 Å². The number of rotatable bonds is 1. The summed E-state index contributed by atoms with van der Waals surface area (Å²) in [6.45, 7) is 4.42. The zero-order valence-corrected chi connectivity index (χ0v) is 12.5. The van der Waals surface area contributed by atoms with Crippen molar-refractivity contribution in [3.8, 4) is 6.07 Å². The molecular formula is C17H22N4. The maximum absolute atomic E-state index is 9.51. The van der Waals surface area contributed by atoms with E-state index in [-0.39, 0.29) is 0 Å². The van der Waals surface area contributed by atoms with E-state index < -0.39 is 0 Å². The van der Waals surface area contributed by atoms with Crippen LogP contribution in [0.5, 0.6) is 0 Å². The molecule has 1 atom stereocenters. The maximum atomic E-state index is 9.51. The second-order valence-corrected chi connectivity index (χ2v) is 6.56. The summed E-state index contributed by atoms with van der Waals surface area (Å²) in [4.78, 5) is 9.87. The Morgan fingerprint density at radius 3 is 2.95 bits per heavy atom. The SMILES string of the molecule is N#Cc1cc2c(nc1N1CCN3CCCC3C1)CCCC2. The van der Waals surface area contributed by atoms with E-state index in [4.69, 9.17) is 4.98 Å². The monoisotopic (exact) mass is 282 g/mol. The number of hydrogen-bond acceptors (Lipinski definition) is 4. The standard InChI is InChI=1S/C17H22N4/c18-11-14-10-13-4-1-2-6-16(13)19-17(14)21-9-8-20-7-3-5-15(20)12-21/h10,15H,1-9,12H2. The first-order chi connectivity index (χ1) is 10.3. The number of anilines is 1. The average Bonchev–Trinajstić information content (AvgIpc) is 3.01. The zero-order valence-electron chi connectivity index (χ0n) is 12.5. The summed E-state index contributed by atoms with van der Waals surface area (Å²) >= 11 is 0. The number of aryl methyl sites for hydroxylation is 2. The minimum absolute atomic E-state index is 0.670. The highest BCUT2D eigenvalue weighted by molar-refractivity contribution is 5.57. The molecule has 4 rings (SSSR count). The van der Waals surface area contributed by atoms with Gasteiger partial charge >= 0.3 is 0 Å². The minimum Gasteiger partial charge on any atom is -0.353 e. The van der Waals surface area contributed by atoms with Gasteiger partial charge in [-0.2, -0.15) is 5.26 Å². The van der Waals surface area contributed by atoms with E-state index in [0.29, 0.717) is 6.04 Å². The first-order valence-corrected chi connectivity index (χ1v) is 8.27. The Hall–Kier alpha value is -1.60. The minimum atomic E-state index is 0.670. The fourth-order valence-electron chi connectivity index (χ4n) is 4.13. The fraction of sp³-hybridized carbons (Fsp3) is 0.647. The van der Waals surface area contributed by atoms with Gasteiger partial charge in [-0.3, -0.25) is 4.90 Å². The Balaban J connectivity index is 1.66. The molecule has 110 valence electrons. The summed E-state index contributed by atoms with van der Waals surface area (Å²) in [6, 6.07) is 5.16. The molecule has 0 saturated carbocycles. The highest BCUT2D eigenvalue weighted by Crippen LogP contribution is 2.29. The topological polar surface area (TPSA) is 43.2 Å². The van der Waals surface area contributed by atoms with Gasteiger partial charge in [-0.05, 0) is 56.7 Å². The van der Waals surface area contributed by atoms with Gasteiger partial charge in [-0.1, -0.05) is 0 Å². The summed E-state index contributed by atoms with van der Waals surface area (Å²) in [6.07, 6.45) is 7.26. The summed E-state index contributed by atoms with van der Waals surface area (Å²) in [7, 11) is 0. The lowest BCUT2D eigenvalue weighted by Crippen LogP contribution is -2.50. The lowest BCUT2D eigenvalue weighted by atomic mass is 9.94. The third kappa shape index (κ3) is 2.30. The van der Waals surface area contributed by atoms with E-state index in [0.717, 1.165) is 43.9 Å². The molecule has 21 heavy (non-hydrogen) atoms. The zero-order chi connectivity index (χ0) is 14.2. The number of pyridine rings is 1. The first kappa shape index (κ1) is 13.1. The van der Waals surface area contributed by atoms with Crippen molar-refractivity contribution in [2.45, 2.75) is 44.6 Å². The molecule has 3 heterocycles. The van der Waals surface area contributed by atoms with Crippen LogP contribution in [0.3, 0.4) is 0 Å². The van der Waals surface area contributed by atoms with Crippen LogP contribution in [0.1, 0.15) is 42.5 Å². The number of aromatic nitrogens is 1. The Bertz CT molecular complexity index is 589. The van der Waals surface area contributed by atoms with E-state index in [1.807, 2.05) is 0 Å². The van der Waals surface area contributed by atoms with Crippen LogP contribution in [0.2, 0.25) is 0 Å². The van der Waals surface area contributed by atoms with Crippen molar-refractivity contribution < 1.29 is 0 Å². The molecule has 0 amide bonds. The quantitative estimate of drug-likeness (QED) is 0.791. The number of fused-ring (bicyclic) bond motifs is 2. The number of piperazine rings is 1. The highest BCUT2D eigenvalue weighted by atomic mass is 15.3. The van der Waals surface area contributed by atoms with Gasteiger partial charge in [0, 0.05) is 31.4 Å². The molecule has 1 unspecified atom stereocenters. The molecule has 2 saturated heterocycles. The smallest absolute Gasteiger partial charge is 0.146 e. The third-order valence-electron chi connectivity index (χ3n) is 5.29. The Kier molecular flexibility index (Phi) is 3.31. The molecule has 3 aliphatic rings. The molecule has 0 aromatic carbocycles. The summed E-state index contributed by atoms with van der Waals surface area (Å²) < 4.78 is 0. The van der Waals surface area contributed by atoms with Gasteiger partial charge in [0.25, 0.3) is 0 Å². The third-order valence-corrected chi connectivity index (χ3v) is 5.29. The summed E-state index contributed by atoms with van der Waals surface area (Å²) in [5, 5.41) is 9.51. The summed E-state index contributed by atoms with van der Waals surface area (Å²) in [5.74, 6) is 0.949. The maximum Gasteiger partial charge on any atom is 0.146 e. The molecule has 0 bridgehead atoms. The van der Waals surface area contributed by atoms with Crippen molar-refractivity contribution in [3.05, 3.63) is 22.9 Å². The molecule has 2 fully saturated rings. The normalized spacial score (nSPS) is 25.3. The lowest BCUT2D eigenvalue weighted by Gasteiger charge is -2.38. The van der Waals surface area contributed by atoms with Gasteiger partial charge in [-0.15, -0.1) is 0 Å². The van der Waals surface area contributed by atoms with E-state index >= 15 is 0 Å². The van der Waals surface area contributed by atoms with E-state index in [1.54, 1.807) is 0 Å². The van der Waals surface area contributed by atoms with E-state index in [9.17, 15) is 5.26 Å². The van der Waals surface area contributed by atoms with Crippen LogP contribution < -0.4 is 4.90 Å². The Labute approximate surface area is 126 Å². The fourth-order valence-corrected chi connectivity index (χ4v) is 4.13. The second kappa shape index (κ2) is 5.31. The predicted octanol–water partition coefficient (Wildman–Crippen LogP) is 2.12. The molecular weight excluding hydrogens is 260 g/mol. The van der Waals surface area contributed by atoms with Crippen LogP contribution >= 0.6 is 0 Å². The molecule has 0 N–H and O–H groups in total. The van der Waals surface area contributed by atoms with Gasteiger partial charge in [0.1, 0.15) is 11.9 Å². The second-order valence-electron chi connectivity index (χ2n) is 6.56. The predicted molar refractivity (Wildman–Crippen MR) is 82.4 cm³/mol. The van der Waals surface area contributed by atoms with Crippen LogP contribution in [0.4, 0.5) is 5.82 Å². The average molecular weight is 282 g/mol. The molecule has 4 heteroatoms. The van der Waals surface area contributed by atoms with E-state index in [2.05, 4.69) is 21.9 Å². The number of nitriles is 1. The van der Waals surface area contributed by atoms with Crippen LogP contribution in [-0.2, 0) is 12.8 Å². The van der Waals surface area contributed by atoms with Crippen LogP contribution in [0, 0.1) is 11.3 Å². The van der Waals surface area contributed by atoms with Gasteiger partial charge in [0.2, 0.25) is 0 Å². The Morgan fingerprint density at radius 2 is 2.05 bits per heavy atom. The number of nitrogens with zero attached hydrogens (tertiary/aromatic N) is 4. The Morgan fingerprint density at radius 1 is 1.14 bits per heavy atom. The largest absolute Gasteiger partial charge is 0.353 e. The van der Waals surface area contributed by atoms with E-state index in [1.165, 1.54) is 43.5 Å².